The molecule has 2 N–H and O–H groups in total. The summed E-state index contributed by atoms with van der Waals surface area (Å²) in [7, 11) is -2.25. The van der Waals surface area contributed by atoms with Crippen LogP contribution in [-0.4, -0.2) is 27.3 Å². The lowest BCUT2D eigenvalue weighted by Gasteiger charge is -2.20. The number of hydrogen-bond acceptors (Lipinski definition) is 4. The third-order valence-electron chi connectivity index (χ3n) is 4.91. The minimum absolute atomic E-state index is 0.192. The second kappa shape index (κ2) is 9.23. The Bertz CT molecular complexity index is 1250. The number of aryl methyl sites for hydroxylation is 2. The van der Waals surface area contributed by atoms with Gasteiger partial charge in [0.2, 0.25) is 5.91 Å². The molecule has 2 amide bonds. The van der Waals surface area contributed by atoms with E-state index >= 15 is 0 Å². The lowest BCUT2D eigenvalue weighted by atomic mass is 10.1. The number of nitrogens with one attached hydrogen (secondary N) is 2. The van der Waals surface area contributed by atoms with Gasteiger partial charge in [0.05, 0.1) is 22.0 Å². The van der Waals surface area contributed by atoms with E-state index in [9.17, 15) is 18.0 Å². The van der Waals surface area contributed by atoms with Gasteiger partial charge in [0, 0.05) is 19.5 Å². The SMILES string of the molecule is CC(=O)Nc1ccc(C)cc1NC(=O)c1ccc(N(C)S(=O)(=O)c2ccc(C)cc2)cc1. The first-order chi connectivity index (χ1) is 15.1. The molecule has 166 valence electrons. The Balaban J connectivity index is 1.80. The van der Waals surface area contributed by atoms with Crippen molar-refractivity contribution in [3.05, 3.63) is 83.4 Å². The van der Waals surface area contributed by atoms with Crippen LogP contribution in [-0.2, 0) is 14.8 Å². The van der Waals surface area contributed by atoms with Crippen LogP contribution in [0.4, 0.5) is 17.1 Å². The van der Waals surface area contributed by atoms with Crippen molar-refractivity contribution >= 4 is 38.9 Å². The van der Waals surface area contributed by atoms with Crippen LogP contribution in [0.25, 0.3) is 0 Å². The predicted octanol–water partition coefficient (Wildman–Crippen LogP) is 4.34. The number of anilines is 3. The molecule has 0 aliphatic carbocycles. The molecule has 0 spiro atoms. The summed E-state index contributed by atoms with van der Waals surface area (Å²) in [5, 5.41) is 5.49. The van der Waals surface area contributed by atoms with Gasteiger partial charge in [-0.15, -0.1) is 0 Å². The molecule has 0 aliphatic heterocycles. The Kier molecular flexibility index (Phi) is 6.64. The maximum Gasteiger partial charge on any atom is 0.264 e. The summed E-state index contributed by atoms with van der Waals surface area (Å²) in [5.74, 6) is -0.621. The van der Waals surface area contributed by atoms with E-state index in [0.717, 1.165) is 11.1 Å². The number of carbonyl (C=O) groups excluding carboxylic acids is 2. The van der Waals surface area contributed by atoms with Crippen molar-refractivity contribution < 1.29 is 18.0 Å². The summed E-state index contributed by atoms with van der Waals surface area (Å²) in [6.45, 7) is 5.16. The largest absolute Gasteiger partial charge is 0.325 e. The summed E-state index contributed by atoms with van der Waals surface area (Å²) in [4.78, 5) is 24.4. The van der Waals surface area contributed by atoms with Gasteiger partial charge in [-0.1, -0.05) is 23.8 Å². The van der Waals surface area contributed by atoms with Crippen molar-refractivity contribution in [2.75, 3.05) is 22.0 Å². The van der Waals surface area contributed by atoms with Crippen LogP contribution in [0.1, 0.15) is 28.4 Å². The van der Waals surface area contributed by atoms with Crippen LogP contribution in [0.15, 0.2) is 71.6 Å². The van der Waals surface area contributed by atoms with Crippen molar-refractivity contribution in [2.45, 2.75) is 25.7 Å². The van der Waals surface area contributed by atoms with Crippen LogP contribution in [0.2, 0.25) is 0 Å². The summed E-state index contributed by atoms with van der Waals surface area (Å²) in [6, 6.07) is 18.2. The van der Waals surface area contributed by atoms with Gasteiger partial charge in [-0.3, -0.25) is 13.9 Å². The molecular weight excluding hydrogens is 426 g/mol. The highest BCUT2D eigenvalue weighted by Gasteiger charge is 2.21. The third-order valence-corrected chi connectivity index (χ3v) is 6.71. The maximum absolute atomic E-state index is 12.9. The minimum Gasteiger partial charge on any atom is -0.325 e. The van der Waals surface area contributed by atoms with Crippen LogP contribution in [0.5, 0.6) is 0 Å². The number of sulfonamides is 1. The van der Waals surface area contributed by atoms with Crippen molar-refractivity contribution in [2.24, 2.45) is 0 Å². The van der Waals surface area contributed by atoms with E-state index in [-0.39, 0.29) is 16.7 Å². The fourth-order valence-corrected chi connectivity index (χ4v) is 4.28. The van der Waals surface area contributed by atoms with Gasteiger partial charge in [-0.05, 0) is 67.9 Å². The smallest absolute Gasteiger partial charge is 0.264 e. The molecule has 7 nitrogen and oxygen atoms in total. The number of hydrogen-bond donors (Lipinski definition) is 2. The molecule has 3 aromatic rings. The van der Waals surface area contributed by atoms with Crippen LogP contribution in [0.3, 0.4) is 0 Å². The van der Waals surface area contributed by atoms with Gasteiger partial charge in [-0.25, -0.2) is 8.42 Å². The van der Waals surface area contributed by atoms with Crippen molar-refractivity contribution in [3.63, 3.8) is 0 Å². The zero-order chi connectivity index (χ0) is 23.5. The minimum atomic E-state index is -3.72. The molecule has 32 heavy (non-hydrogen) atoms. The summed E-state index contributed by atoms with van der Waals surface area (Å²) < 4.78 is 26.9. The van der Waals surface area contributed by atoms with Crippen LogP contribution >= 0.6 is 0 Å². The highest BCUT2D eigenvalue weighted by molar-refractivity contribution is 7.92. The van der Waals surface area contributed by atoms with E-state index in [1.54, 1.807) is 60.7 Å². The fourth-order valence-electron chi connectivity index (χ4n) is 3.08. The summed E-state index contributed by atoms with van der Waals surface area (Å²) >= 11 is 0. The molecule has 0 aliphatic rings. The molecule has 0 unspecified atom stereocenters. The molecule has 8 heteroatoms. The molecule has 0 atom stereocenters. The number of carbonyl (C=O) groups is 2. The standard InChI is InChI=1S/C24H25N3O4S/c1-16-5-12-21(13-6-16)32(30,31)27(4)20-10-8-19(9-11-20)24(29)26-23-15-17(2)7-14-22(23)25-18(3)28/h5-15H,1-4H3,(H,25,28)(H,26,29). The highest BCUT2D eigenvalue weighted by Crippen LogP contribution is 2.25. The first-order valence-corrected chi connectivity index (χ1v) is 11.4. The zero-order valence-electron chi connectivity index (χ0n) is 18.3. The molecule has 0 fully saturated rings. The topological polar surface area (TPSA) is 95.6 Å². The van der Waals surface area contributed by atoms with Gasteiger partial charge in [0.25, 0.3) is 15.9 Å². The van der Waals surface area contributed by atoms with E-state index in [2.05, 4.69) is 10.6 Å². The van der Waals surface area contributed by atoms with Crippen LogP contribution in [0, 0.1) is 13.8 Å². The predicted molar refractivity (Wildman–Crippen MR) is 127 cm³/mol. The van der Waals surface area contributed by atoms with Crippen molar-refractivity contribution in [1.29, 1.82) is 0 Å². The second-order valence-corrected chi connectivity index (χ2v) is 9.49. The van der Waals surface area contributed by atoms with Gasteiger partial charge in [0.1, 0.15) is 0 Å². The van der Waals surface area contributed by atoms with E-state index in [1.165, 1.54) is 18.3 Å². The number of benzene rings is 3. The molecule has 0 aromatic heterocycles. The molecule has 3 aromatic carbocycles. The first-order valence-electron chi connectivity index (χ1n) is 9.93. The Hall–Kier alpha value is -3.65. The van der Waals surface area contributed by atoms with Gasteiger partial charge >= 0.3 is 0 Å². The van der Waals surface area contributed by atoms with Crippen LogP contribution < -0.4 is 14.9 Å². The quantitative estimate of drug-likeness (QED) is 0.583. The first kappa shape index (κ1) is 23.0. The summed E-state index contributed by atoms with van der Waals surface area (Å²) in [6.07, 6.45) is 0. The second-order valence-electron chi connectivity index (χ2n) is 7.52. The van der Waals surface area contributed by atoms with Gasteiger partial charge in [-0.2, -0.15) is 0 Å². The van der Waals surface area contributed by atoms with E-state index in [1.807, 2.05) is 19.9 Å². The molecule has 0 bridgehead atoms. The molecule has 0 saturated heterocycles. The fraction of sp³-hybridized carbons (Fsp3) is 0.167. The number of nitrogens with zero attached hydrogens (tertiary/aromatic N) is 1. The monoisotopic (exact) mass is 451 g/mol. The van der Waals surface area contributed by atoms with Crippen molar-refractivity contribution in [1.82, 2.24) is 0 Å². The Morgan fingerprint density at radius 1 is 0.781 bits per heavy atom. The lowest BCUT2D eigenvalue weighted by molar-refractivity contribution is -0.114. The third kappa shape index (κ3) is 5.15. The highest BCUT2D eigenvalue weighted by atomic mass is 32.2. The average molecular weight is 452 g/mol. The molecule has 0 saturated carbocycles. The van der Waals surface area contributed by atoms with E-state index in [4.69, 9.17) is 0 Å². The van der Waals surface area contributed by atoms with E-state index in [0.29, 0.717) is 22.6 Å². The Labute approximate surface area is 188 Å². The molecule has 3 rings (SSSR count). The molecule has 0 heterocycles. The van der Waals surface area contributed by atoms with Crippen molar-refractivity contribution in [3.8, 4) is 0 Å². The van der Waals surface area contributed by atoms with Gasteiger partial charge < -0.3 is 10.6 Å². The molecule has 0 radical (unpaired) electrons. The molecular formula is C24H25N3O4S. The maximum atomic E-state index is 12.9. The normalized spacial score (nSPS) is 11.0. The Morgan fingerprint density at radius 3 is 1.97 bits per heavy atom. The summed E-state index contributed by atoms with van der Waals surface area (Å²) in [5.41, 5.74) is 3.65. The van der Waals surface area contributed by atoms with E-state index < -0.39 is 10.0 Å². The van der Waals surface area contributed by atoms with Gasteiger partial charge in [0.15, 0.2) is 0 Å². The zero-order valence-corrected chi connectivity index (χ0v) is 19.2. The number of amides is 2. The Morgan fingerprint density at radius 2 is 1.38 bits per heavy atom. The number of rotatable bonds is 6. The average Bonchev–Trinajstić information content (AvgIpc) is 2.75. The lowest BCUT2D eigenvalue weighted by Crippen LogP contribution is -2.26.